The zero-order valence-corrected chi connectivity index (χ0v) is 12.4. The van der Waals surface area contributed by atoms with Crippen molar-refractivity contribution >= 4 is 16.1 Å². The van der Waals surface area contributed by atoms with Gasteiger partial charge in [0.05, 0.1) is 5.75 Å². The van der Waals surface area contributed by atoms with E-state index in [-0.39, 0.29) is 12.3 Å². The molecule has 0 radical (unpaired) electrons. The van der Waals surface area contributed by atoms with E-state index in [4.69, 9.17) is 0 Å². The highest BCUT2D eigenvalue weighted by Crippen LogP contribution is 2.23. The smallest absolute Gasteiger partial charge is 0.302 e. The normalized spacial score (nSPS) is 19.6. The van der Waals surface area contributed by atoms with Crippen LogP contribution in [0, 0.1) is 19.8 Å². The second-order valence-electron chi connectivity index (χ2n) is 5.48. The molecule has 110 valence electrons. The molecular weight excluding hydrogens is 281 g/mol. The monoisotopic (exact) mass is 299 g/mol. The maximum Gasteiger partial charge on any atom is 0.302 e. The molecule has 1 saturated heterocycles. The number of carbonyl (C=O) groups is 1. The minimum atomic E-state index is -4.52. The molecule has 1 aliphatic heterocycles. The van der Waals surface area contributed by atoms with E-state index in [9.17, 15) is 17.1 Å². The van der Waals surface area contributed by atoms with Crippen LogP contribution in [0.4, 0.5) is 3.89 Å². The molecule has 1 aromatic rings. The van der Waals surface area contributed by atoms with E-state index in [2.05, 4.69) is 0 Å². The number of aryl methyl sites for hydroxylation is 2. The Morgan fingerprint density at radius 3 is 2.70 bits per heavy atom. The van der Waals surface area contributed by atoms with Crippen LogP contribution < -0.4 is 0 Å². The maximum atomic E-state index is 12.7. The van der Waals surface area contributed by atoms with E-state index in [1.807, 2.05) is 32.0 Å². The lowest BCUT2D eigenvalue weighted by atomic mass is 10.1. The second-order valence-corrected chi connectivity index (χ2v) is 6.89. The van der Waals surface area contributed by atoms with Crippen LogP contribution in [0.1, 0.15) is 23.1 Å². The van der Waals surface area contributed by atoms with Gasteiger partial charge in [-0.2, -0.15) is 8.42 Å². The van der Waals surface area contributed by atoms with Gasteiger partial charge in [0, 0.05) is 25.4 Å². The Bertz CT molecular complexity index is 627. The van der Waals surface area contributed by atoms with E-state index in [1.165, 1.54) is 0 Å². The van der Waals surface area contributed by atoms with Crippen LogP contribution in [0.5, 0.6) is 0 Å². The Morgan fingerprint density at radius 1 is 1.35 bits per heavy atom. The second kappa shape index (κ2) is 5.52. The highest BCUT2D eigenvalue weighted by atomic mass is 32.3. The van der Waals surface area contributed by atoms with Crippen molar-refractivity contribution in [2.45, 2.75) is 26.8 Å². The van der Waals surface area contributed by atoms with Crippen molar-refractivity contribution < 1.29 is 17.1 Å². The first kappa shape index (κ1) is 15.0. The number of hydrogen-bond donors (Lipinski definition) is 0. The zero-order chi connectivity index (χ0) is 14.9. The first-order valence-corrected chi connectivity index (χ1v) is 8.06. The van der Waals surface area contributed by atoms with Gasteiger partial charge < -0.3 is 4.90 Å². The largest absolute Gasteiger partial charge is 0.338 e. The number of likely N-dealkylation sites (tertiary alicyclic amines) is 1. The molecule has 1 unspecified atom stereocenters. The molecule has 1 atom stereocenters. The van der Waals surface area contributed by atoms with Gasteiger partial charge in [0.1, 0.15) is 0 Å². The molecule has 0 aliphatic carbocycles. The highest BCUT2D eigenvalue weighted by molar-refractivity contribution is 7.86. The first-order valence-electron chi connectivity index (χ1n) is 6.51. The Morgan fingerprint density at radius 2 is 2.05 bits per heavy atom. The third-order valence-electron chi connectivity index (χ3n) is 3.60. The fourth-order valence-electron chi connectivity index (χ4n) is 2.58. The Balaban J connectivity index is 2.07. The van der Waals surface area contributed by atoms with Crippen LogP contribution in [0.2, 0.25) is 0 Å². The summed E-state index contributed by atoms with van der Waals surface area (Å²) in [6.45, 7) is 4.70. The van der Waals surface area contributed by atoms with Gasteiger partial charge in [-0.3, -0.25) is 4.79 Å². The van der Waals surface area contributed by atoms with Crippen LogP contribution in [-0.2, 0) is 21.6 Å². The summed E-state index contributed by atoms with van der Waals surface area (Å²) in [7, 11) is -4.52. The van der Waals surface area contributed by atoms with Gasteiger partial charge in [-0.05, 0) is 25.0 Å². The van der Waals surface area contributed by atoms with Crippen molar-refractivity contribution in [2.24, 2.45) is 5.92 Å². The number of rotatable bonds is 4. The lowest BCUT2D eigenvalue weighted by Gasteiger charge is -2.18. The SMILES string of the molecule is Cc1ccc(C)c(CN2CC(CS(=O)(=O)F)CC2=O)c1. The van der Waals surface area contributed by atoms with E-state index in [0.717, 1.165) is 16.7 Å². The summed E-state index contributed by atoms with van der Waals surface area (Å²) in [5, 5.41) is 0. The van der Waals surface area contributed by atoms with Crippen molar-refractivity contribution in [3.8, 4) is 0 Å². The van der Waals surface area contributed by atoms with Gasteiger partial charge in [0.25, 0.3) is 0 Å². The average Bonchev–Trinajstić information content (AvgIpc) is 2.62. The lowest BCUT2D eigenvalue weighted by Crippen LogP contribution is -2.25. The summed E-state index contributed by atoms with van der Waals surface area (Å²) in [4.78, 5) is 13.5. The van der Waals surface area contributed by atoms with Gasteiger partial charge in [-0.25, -0.2) is 0 Å². The molecule has 1 fully saturated rings. The van der Waals surface area contributed by atoms with Crippen molar-refractivity contribution in [2.75, 3.05) is 12.3 Å². The van der Waals surface area contributed by atoms with Crippen LogP contribution in [-0.4, -0.2) is 31.5 Å². The van der Waals surface area contributed by atoms with Crippen molar-refractivity contribution in [3.05, 3.63) is 34.9 Å². The third-order valence-corrected chi connectivity index (χ3v) is 4.46. The number of benzene rings is 1. The number of halogens is 1. The van der Waals surface area contributed by atoms with Crippen molar-refractivity contribution in [3.63, 3.8) is 0 Å². The standard InChI is InChI=1S/C14H18FNO3S/c1-10-3-4-11(2)13(5-10)8-16-7-12(6-14(16)17)9-20(15,18)19/h3-5,12H,6-9H2,1-2H3. The van der Waals surface area contributed by atoms with Gasteiger partial charge in [0.15, 0.2) is 0 Å². The Labute approximate surface area is 118 Å². The summed E-state index contributed by atoms with van der Waals surface area (Å²) >= 11 is 0. The molecule has 0 spiro atoms. The van der Waals surface area contributed by atoms with Crippen molar-refractivity contribution in [1.82, 2.24) is 4.90 Å². The summed E-state index contributed by atoms with van der Waals surface area (Å²) in [6, 6.07) is 6.01. The van der Waals surface area contributed by atoms with Crippen LogP contribution in [0.3, 0.4) is 0 Å². The zero-order valence-electron chi connectivity index (χ0n) is 11.6. The molecule has 1 aliphatic rings. The quantitative estimate of drug-likeness (QED) is 0.799. The van der Waals surface area contributed by atoms with Gasteiger partial charge in [-0.15, -0.1) is 3.89 Å². The Kier molecular flexibility index (Phi) is 4.13. The lowest BCUT2D eigenvalue weighted by molar-refractivity contribution is -0.128. The molecule has 0 saturated carbocycles. The van der Waals surface area contributed by atoms with Crippen molar-refractivity contribution in [1.29, 1.82) is 0 Å². The summed E-state index contributed by atoms with van der Waals surface area (Å²) < 4.78 is 34.0. The minimum absolute atomic E-state index is 0.105. The number of hydrogen-bond acceptors (Lipinski definition) is 3. The molecule has 2 rings (SSSR count). The van der Waals surface area contributed by atoms with E-state index >= 15 is 0 Å². The molecule has 20 heavy (non-hydrogen) atoms. The Hall–Kier alpha value is -1.43. The molecule has 6 heteroatoms. The maximum absolute atomic E-state index is 12.7. The highest BCUT2D eigenvalue weighted by Gasteiger charge is 2.32. The first-order chi connectivity index (χ1) is 9.24. The average molecular weight is 299 g/mol. The van der Waals surface area contributed by atoms with E-state index in [0.29, 0.717) is 13.1 Å². The summed E-state index contributed by atoms with van der Waals surface area (Å²) in [6.07, 6.45) is 0.105. The van der Waals surface area contributed by atoms with Gasteiger partial charge in [-0.1, -0.05) is 23.8 Å². The molecule has 0 N–H and O–H groups in total. The van der Waals surface area contributed by atoms with E-state index in [1.54, 1.807) is 4.90 Å². The number of amides is 1. The topological polar surface area (TPSA) is 54.5 Å². The molecule has 4 nitrogen and oxygen atoms in total. The predicted octanol–water partition coefficient (Wildman–Crippen LogP) is 1.95. The van der Waals surface area contributed by atoms with Gasteiger partial charge >= 0.3 is 10.2 Å². The third kappa shape index (κ3) is 3.79. The van der Waals surface area contributed by atoms with Gasteiger partial charge in [0.2, 0.25) is 5.91 Å². The summed E-state index contributed by atoms with van der Waals surface area (Å²) in [5.41, 5.74) is 3.24. The fraction of sp³-hybridized carbons (Fsp3) is 0.500. The fourth-order valence-corrected chi connectivity index (χ4v) is 3.36. The molecule has 0 aromatic heterocycles. The summed E-state index contributed by atoms with van der Waals surface area (Å²) in [5.74, 6) is -1.12. The predicted molar refractivity (Wildman–Crippen MR) is 74.3 cm³/mol. The molecule has 1 amide bonds. The van der Waals surface area contributed by atoms with Crippen LogP contribution >= 0.6 is 0 Å². The number of carbonyl (C=O) groups excluding carboxylic acids is 1. The van der Waals surface area contributed by atoms with E-state index < -0.39 is 21.9 Å². The molecule has 1 aromatic carbocycles. The van der Waals surface area contributed by atoms with Crippen LogP contribution in [0.25, 0.3) is 0 Å². The molecule has 1 heterocycles. The number of nitrogens with zero attached hydrogens (tertiary/aromatic N) is 1. The molecular formula is C14H18FNO3S. The van der Waals surface area contributed by atoms with Crippen LogP contribution in [0.15, 0.2) is 18.2 Å². The minimum Gasteiger partial charge on any atom is -0.338 e. The molecule has 0 bridgehead atoms.